The predicted molar refractivity (Wildman–Crippen MR) is 59.4 cm³/mol. The largest absolute Gasteiger partial charge is 0.466 e. The molecule has 0 N–H and O–H groups in total. The number of ether oxygens (including phenoxy) is 1. The van der Waals surface area contributed by atoms with E-state index in [4.69, 9.17) is 4.74 Å². The van der Waals surface area contributed by atoms with Gasteiger partial charge in [0, 0.05) is 16.8 Å². The van der Waals surface area contributed by atoms with E-state index in [-0.39, 0.29) is 11.9 Å². The molecule has 13 heavy (non-hydrogen) atoms. The number of esters is 1. The second-order valence-corrected chi connectivity index (χ2v) is 5.34. The molecular weight excluding hydrogens is 204 g/mol. The summed E-state index contributed by atoms with van der Waals surface area (Å²) in [5, 5.41) is 0.657. The summed E-state index contributed by atoms with van der Waals surface area (Å²) in [4.78, 5) is 11.4. The van der Waals surface area contributed by atoms with Gasteiger partial charge in [-0.3, -0.25) is 4.79 Å². The average molecular weight is 220 g/mol. The zero-order valence-corrected chi connectivity index (χ0v) is 9.75. The Hall–Kier alpha value is 0.170. The number of thioether (sulfide) groups is 2. The normalized spacial score (nSPS) is 27.5. The summed E-state index contributed by atoms with van der Waals surface area (Å²) in [5.41, 5.74) is 0. The van der Waals surface area contributed by atoms with E-state index >= 15 is 0 Å². The van der Waals surface area contributed by atoms with Gasteiger partial charge in [0.1, 0.15) is 0 Å². The molecule has 1 fully saturated rings. The van der Waals surface area contributed by atoms with Gasteiger partial charge < -0.3 is 4.74 Å². The van der Waals surface area contributed by atoms with E-state index in [2.05, 4.69) is 6.26 Å². The van der Waals surface area contributed by atoms with Crippen molar-refractivity contribution in [3.05, 3.63) is 0 Å². The van der Waals surface area contributed by atoms with Crippen molar-refractivity contribution in [3.63, 3.8) is 0 Å². The molecule has 0 saturated carbocycles. The van der Waals surface area contributed by atoms with E-state index < -0.39 is 0 Å². The predicted octanol–water partition coefficient (Wildman–Crippen LogP) is 2.03. The van der Waals surface area contributed by atoms with E-state index in [0.717, 1.165) is 17.9 Å². The van der Waals surface area contributed by atoms with Crippen LogP contribution in [-0.4, -0.2) is 35.6 Å². The van der Waals surface area contributed by atoms with Crippen LogP contribution in [0.1, 0.15) is 13.3 Å². The Morgan fingerprint density at radius 2 is 2.46 bits per heavy atom. The number of hydrogen-bond acceptors (Lipinski definition) is 4. The van der Waals surface area contributed by atoms with Crippen LogP contribution in [0, 0.1) is 5.92 Å². The first-order valence-electron chi connectivity index (χ1n) is 4.55. The van der Waals surface area contributed by atoms with Crippen LogP contribution in [0.4, 0.5) is 0 Å². The van der Waals surface area contributed by atoms with Gasteiger partial charge in [-0.05, 0) is 19.6 Å². The van der Waals surface area contributed by atoms with Crippen LogP contribution in [0.15, 0.2) is 0 Å². The number of hydrogen-bond donors (Lipinski definition) is 0. The molecule has 4 heteroatoms. The highest BCUT2D eigenvalue weighted by molar-refractivity contribution is 8.03. The first-order valence-corrected chi connectivity index (χ1v) is 6.99. The zero-order chi connectivity index (χ0) is 9.68. The molecule has 2 atom stereocenters. The van der Waals surface area contributed by atoms with Crippen molar-refractivity contribution in [2.75, 3.05) is 24.4 Å². The Morgan fingerprint density at radius 3 is 3.08 bits per heavy atom. The van der Waals surface area contributed by atoms with Crippen molar-refractivity contribution in [2.24, 2.45) is 5.92 Å². The van der Waals surface area contributed by atoms with Crippen LogP contribution in [0.5, 0.6) is 0 Å². The lowest BCUT2D eigenvalue weighted by Crippen LogP contribution is -2.18. The Balaban J connectivity index is 2.27. The third kappa shape index (κ3) is 3.43. The van der Waals surface area contributed by atoms with E-state index in [1.807, 2.05) is 30.4 Å². The molecule has 1 aliphatic heterocycles. The average Bonchev–Trinajstić information content (AvgIpc) is 2.54. The topological polar surface area (TPSA) is 26.3 Å². The number of carbonyl (C=O) groups excluding carboxylic acids is 1. The summed E-state index contributed by atoms with van der Waals surface area (Å²) in [5.74, 6) is 2.26. The summed E-state index contributed by atoms with van der Waals surface area (Å²) in [7, 11) is 0. The van der Waals surface area contributed by atoms with Crippen molar-refractivity contribution in [3.8, 4) is 0 Å². The van der Waals surface area contributed by atoms with Crippen molar-refractivity contribution in [1.82, 2.24) is 0 Å². The van der Waals surface area contributed by atoms with Crippen molar-refractivity contribution in [2.45, 2.75) is 18.6 Å². The minimum absolute atomic E-state index is 0.00129. The monoisotopic (exact) mass is 220 g/mol. The van der Waals surface area contributed by atoms with Gasteiger partial charge in [0.2, 0.25) is 0 Å². The highest BCUT2D eigenvalue weighted by Gasteiger charge is 2.30. The van der Waals surface area contributed by atoms with Gasteiger partial charge in [-0.2, -0.15) is 23.5 Å². The van der Waals surface area contributed by atoms with Gasteiger partial charge in [-0.15, -0.1) is 0 Å². The number of carbonyl (C=O) groups is 1. The molecular formula is C9H16O2S2. The minimum Gasteiger partial charge on any atom is -0.466 e. The zero-order valence-electron chi connectivity index (χ0n) is 8.12. The fourth-order valence-electron chi connectivity index (χ4n) is 1.43. The molecule has 1 heterocycles. The molecule has 0 radical (unpaired) electrons. The maximum Gasteiger partial charge on any atom is 0.309 e. The summed E-state index contributed by atoms with van der Waals surface area (Å²) in [6.07, 6.45) is 3.11. The minimum atomic E-state index is -0.00129. The first-order chi connectivity index (χ1) is 6.27. The van der Waals surface area contributed by atoms with Gasteiger partial charge in [-0.25, -0.2) is 0 Å². The van der Waals surface area contributed by atoms with Crippen molar-refractivity contribution < 1.29 is 9.53 Å². The summed E-state index contributed by atoms with van der Waals surface area (Å²) >= 11 is 3.76. The molecule has 2 unspecified atom stereocenters. The molecule has 0 aromatic carbocycles. The second kappa shape index (κ2) is 5.81. The molecule has 0 aromatic rings. The smallest absolute Gasteiger partial charge is 0.309 e. The third-order valence-corrected chi connectivity index (χ3v) is 4.43. The van der Waals surface area contributed by atoms with E-state index in [1.165, 1.54) is 0 Å². The maximum atomic E-state index is 11.4. The van der Waals surface area contributed by atoms with Gasteiger partial charge in [0.15, 0.2) is 0 Å². The van der Waals surface area contributed by atoms with Crippen LogP contribution in [0.2, 0.25) is 0 Å². The first kappa shape index (κ1) is 11.2. The van der Waals surface area contributed by atoms with Gasteiger partial charge in [-0.1, -0.05) is 0 Å². The quantitative estimate of drug-likeness (QED) is 0.677. The molecule has 1 aliphatic rings. The van der Waals surface area contributed by atoms with Crippen LogP contribution >= 0.6 is 23.5 Å². The Morgan fingerprint density at radius 1 is 1.69 bits per heavy atom. The molecule has 0 amide bonds. The maximum absolute atomic E-state index is 11.4. The molecule has 2 nitrogen and oxygen atoms in total. The van der Waals surface area contributed by atoms with E-state index in [0.29, 0.717) is 11.9 Å². The third-order valence-electron chi connectivity index (χ3n) is 2.05. The SMILES string of the molecule is CCOC(=O)C1CSC(CSC)C1. The van der Waals surface area contributed by atoms with E-state index in [9.17, 15) is 4.79 Å². The van der Waals surface area contributed by atoms with Gasteiger partial charge in [0.25, 0.3) is 0 Å². The summed E-state index contributed by atoms with van der Waals surface area (Å²) in [6.45, 7) is 2.37. The summed E-state index contributed by atoms with van der Waals surface area (Å²) in [6, 6.07) is 0. The lowest BCUT2D eigenvalue weighted by Gasteiger charge is -2.08. The van der Waals surface area contributed by atoms with E-state index in [1.54, 1.807) is 0 Å². The molecule has 0 aliphatic carbocycles. The van der Waals surface area contributed by atoms with Crippen LogP contribution in [-0.2, 0) is 9.53 Å². The molecule has 76 valence electrons. The van der Waals surface area contributed by atoms with Gasteiger partial charge in [0.05, 0.1) is 12.5 Å². The molecule has 1 rings (SSSR count). The second-order valence-electron chi connectivity index (χ2n) is 3.10. The summed E-state index contributed by atoms with van der Waals surface area (Å²) < 4.78 is 4.99. The molecule has 1 saturated heterocycles. The Bertz CT molecular complexity index is 173. The van der Waals surface area contributed by atoms with Crippen molar-refractivity contribution in [1.29, 1.82) is 0 Å². The Labute approximate surface area is 88.2 Å². The lowest BCUT2D eigenvalue weighted by molar-refractivity contribution is -0.147. The van der Waals surface area contributed by atoms with Crippen LogP contribution in [0.25, 0.3) is 0 Å². The number of rotatable bonds is 4. The van der Waals surface area contributed by atoms with Crippen LogP contribution < -0.4 is 0 Å². The van der Waals surface area contributed by atoms with Crippen molar-refractivity contribution >= 4 is 29.5 Å². The molecule has 0 bridgehead atoms. The highest BCUT2D eigenvalue weighted by Crippen LogP contribution is 2.33. The van der Waals surface area contributed by atoms with Crippen LogP contribution in [0.3, 0.4) is 0 Å². The fraction of sp³-hybridized carbons (Fsp3) is 0.889. The fourth-order valence-corrected chi connectivity index (χ4v) is 3.88. The standard InChI is InChI=1S/C9H16O2S2/c1-3-11-9(10)7-4-8(6-12-2)13-5-7/h7-8H,3-6H2,1-2H3. The lowest BCUT2D eigenvalue weighted by atomic mass is 10.1. The highest BCUT2D eigenvalue weighted by atomic mass is 32.2. The molecule has 0 aromatic heterocycles. The molecule has 0 spiro atoms. The van der Waals surface area contributed by atoms with Gasteiger partial charge >= 0.3 is 5.97 Å². The Kier molecular flexibility index (Phi) is 5.02.